The zero-order valence-electron chi connectivity index (χ0n) is 27.7. The highest BCUT2D eigenvalue weighted by Crippen LogP contribution is 2.50. The topological polar surface area (TPSA) is 0 Å². The summed E-state index contributed by atoms with van der Waals surface area (Å²) < 4.78 is 0. The molecule has 10 rings (SSSR count). The summed E-state index contributed by atoms with van der Waals surface area (Å²) in [6.07, 6.45) is 0. The van der Waals surface area contributed by atoms with Gasteiger partial charge in [-0.1, -0.05) is 177 Å². The van der Waals surface area contributed by atoms with Crippen molar-refractivity contribution in [3.05, 3.63) is 170 Å². The molecular formula is C48H34Si. The fourth-order valence-corrected chi connectivity index (χ4v) is 11.8. The molecule has 0 bridgehead atoms. The van der Waals surface area contributed by atoms with Crippen LogP contribution in [0.4, 0.5) is 0 Å². The summed E-state index contributed by atoms with van der Waals surface area (Å²) in [5, 5.41) is 13.4. The molecule has 0 unspecified atom stereocenters. The molecule has 0 fully saturated rings. The summed E-state index contributed by atoms with van der Waals surface area (Å²) in [5.41, 5.74) is 10.5. The van der Waals surface area contributed by atoms with Crippen molar-refractivity contribution in [3.63, 3.8) is 0 Å². The second-order valence-electron chi connectivity index (χ2n) is 14.0. The first-order valence-electron chi connectivity index (χ1n) is 17.3. The molecule has 0 aliphatic carbocycles. The molecule has 0 aromatic heterocycles. The molecule has 1 aliphatic heterocycles. The Hall–Kier alpha value is -5.76. The molecule has 0 saturated carbocycles. The molecule has 0 radical (unpaired) electrons. The van der Waals surface area contributed by atoms with Gasteiger partial charge in [-0.05, 0) is 104 Å². The maximum absolute atomic E-state index is 2.53. The van der Waals surface area contributed by atoms with E-state index in [1.165, 1.54) is 98.0 Å². The Morgan fingerprint density at radius 3 is 1.63 bits per heavy atom. The van der Waals surface area contributed by atoms with Crippen LogP contribution in [0.5, 0.6) is 0 Å². The normalized spacial score (nSPS) is 13.3. The van der Waals surface area contributed by atoms with E-state index in [0.717, 1.165) is 0 Å². The van der Waals surface area contributed by atoms with Crippen LogP contribution in [-0.2, 0) is 0 Å². The molecule has 0 nitrogen and oxygen atoms in total. The van der Waals surface area contributed by atoms with Crippen molar-refractivity contribution in [3.8, 4) is 44.5 Å². The Balaban J connectivity index is 1.48. The molecule has 1 heteroatoms. The number of benzene rings is 9. The van der Waals surface area contributed by atoms with Gasteiger partial charge in [-0.2, -0.15) is 0 Å². The lowest BCUT2D eigenvalue weighted by Crippen LogP contribution is -2.49. The third-order valence-corrected chi connectivity index (χ3v) is 14.6. The number of hydrogen-bond donors (Lipinski definition) is 0. The van der Waals surface area contributed by atoms with Gasteiger partial charge >= 0.3 is 0 Å². The Bertz CT molecular complexity index is 2780. The van der Waals surface area contributed by atoms with Crippen molar-refractivity contribution in [1.82, 2.24) is 0 Å². The van der Waals surface area contributed by atoms with Crippen molar-refractivity contribution >= 4 is 61.5 Å². The van der Waals surface area contributed by atoms with Crippen LogP contribution in [-0.4, -0.2) is 8.07 Å². The van der Waals surface area contributed by atoms with Gasteiger partial charge in [-0.25, -0.2) is 0 Å². The van der Waals surface area contributed by atoms with Gasteiger partial charge < -0.3 is 0 Å². The highest BCUT2D eigenvalue weighted by atomic mass is 28.3. The van der Waals surface area contributed by atoms with E-state index in [1.54, 1.807) is 0 Å². The van der Waals surface area contributed by atoms with E-state index < -0.39 is 8.07 Å². The Morgan fingerprint density at radius 1 is 0.327 bits per heavy atom. The smallest absolute Gasteiger partial charge is 0.0623 e. The Kier molecular flexibility index (Phi) is 6.13. The molecular weight excluding hydrogens is 605 g/mol. The van der Waals surface area contributed by atoms with Crippen molar-refractivity contribution < 1.29 is 0 Å². The van der Waals surface area contributed by atoms with Gasteiger partial charge in [-0.3, -0.25) is 0 Å². The highest BCUT2D eigenvalue weighted by Gasteiger charge is 2.39. The average Bonchev–Trinajstić information content (AvgIpc) is 3.39. The molecule has 49 heavy (non-hydrogen) atoms. The molecule has 9 aromatic rings. The molecule has 0 saturated heterocycles. The van der Waals surface area contributed by atoms with Crippen molar-refractivity contribution in [2.75, 3.05) is 0 Å². The van der Waals surface area contributed by atoms with Crippen molar-refractivity contribution in [2.45, 2.75) is 13.1 Å². The van der Waals surface area contributed by atoms with Crippen molar-refractivity contribution in [2.24, 2.45) is 0 Å². The number of fused-ring (bicyclic) bond motifs is 8. The first-order chi connectivity index (χ1) is 24.1. The second kappa shape index (κ2) is 10.6. The monoisotopic (exact) mass is 638 g/mol. The van der Waals surface area contributed by atoms with Gasteiger partial charge in [0.1, 0.15) is 8.07 Å². The lowest BCUT2D eigenvalue weighted by atomic mass is 9.80. The molecule has 1 aliphatic rings. The molecule has 230 valence electrons. The summed E-state index contributed by atoms with van der Waals surface area (Å²) in [6, 6.07) is 63.6. The molecule has 0 spiro atoms. The summed E-state index contributed by atoms with van der Waals surface area (Å²) in [6.45, 7) is 5.06. The zero-order valence-corrected chi connectivity index (χ0v) is 28.7. The predicted molar refractivity (Wildman–Crippen MR) is 215 cm³/mol. The van der Waals surface area contributed by atoms with E-state index in [0.29, 0.717) is 0 Å². The summed E-state index contributed by atoms with van der Waals surface area (Å²) >= 11 is 0. The summed E-state index contributed by atoms with van der Waals surface area (Å²) in [4.78, 5) is 0. The minimum atomic E-state index is -1.94. The number of hydrogen-bond acceptors (Lipinski definition) is 0. The molecule has 9 aromatic carbocycles. The van der Waals surface area contributed by atoms with Crippen LogP contribution in [0.2, 0.25) is 13.1 Å². The first kappa shape index (κ1) is 28.3. The van der Waals surface area contributed by atoms with E-state index in [4.69, 9.17) is 0 Å². The van der Waals surface area contributed by atoms with E-state index in [-0.39, 0.29) is 0 Å². The Morgan fingerprint density at radius 2 is 0.898 bits per heavy atom. The fourth-order valence-electron chi connectivity index (χ4n) is 8.78. The zero-order chi connectivity index (χ0) is 32.7. The van der Waals surface area contributed by atoms with E-state index >= 15 is 0 Å². The van der Waals surface area contributed by atoms with Gasteiger partial charge in [0.15, 0.2) is 0 Å². The van der Waals surface area contributed by atoms with Crippen LogP contribution < -0.4 is 10.4 Å². The van der Waals surface area contributed by atoms with Gasteiger partial charge in [0.05, 0.1) is 0 Å². The summed E-state index contributed by atoms with van der Waals surface area (Å²) in [7, 11) is -1.94. The van der Waals surface area contributed by atoms with E-state index in [9.17, 15) is 0 Å². The van der Waals surface area contributed by atoms with Crippen LogP contribution >= 0.6 is 0 Å². The third-order valence-electron chi connectivity index (χ3n) is 11.1. The molecule has 0 N–H and O–H groups in total. The van der Waals surface area contributed by atoms with Gasteiger partial charge in [0.25, 0.3) is 0 Å². The average molecular weight is 639 g/mol. The molecule has 0 atom stereocenters. The summed E-state index contributed by atoms with van der Waals surface area (Å²) in [5.74, 6) is 0. The van der Waals surface area contributed by atoms with Crippen LogP contribution in [0.1, 0.15) is 0 Å². The van der Waals surface area contributed by atoms with Gasteiger partial charge in [-0.15, -0.1) is 0 Å². The maximum atomic E-state index is 2.53. The lowest BCUT2D eigenvalue weighted by Gasteiger charge is -2.24. The maximum Gasteiger partial charge on any atom is 0.113 e. The van der Waals surface area contributed by atoms with Crippen LogP contribution in [0.3, 0.4) is 0 Å². The third kappa shape index (κ3) is 4.09. The first-order valence-corrected chi connectivity index (χ1v) is 20.3. The minimum absolute atomic E-state index is 1.23. The van der Waals surface area contributed by atoms with E-state index in [1.807, 2.05) is 0 Å². The lowest BCUT2D eigenvalue weighted by molar-refractivity contribution is 1.64. The second-order valence-corrected chi connectivity index (χ2v) is 18.3. The fraction of sp³-hybridized carbons (Fsp3) is 0.0417. The van der Waals surface area contributed by atoms with Crippen LogP contribution in [0.15, 0.2) is 170 Å². The largest absolute Gasteiger partial charge is 0.113 e. The van der Waals surface area contributed by atoms with E-state index in [2.05, 4.69) is 183 Å². The SMILES string of the molecule is C[Si]1(C)c2ccccc2-c2c1ccc1c(-c3cccc4ccccc34)c3cc(-c4ccccc4)ccc3c(-c3cccc4ccccc34)c21. The van der Waals surface area contributed by atoms with Gasteiger partial charge in [0.2, 0.25) is 0 Å². The van der Waals surface area contributed by atoms with Crippen molar-refractivity contribution in [1.29, 1.82) is 0 Å². The minimum Gasteiger partial charge on any atom is -0.0623 e. The molecule has 0 amide bonds. The number of rotatable bonds is 3. The predicted octanol–water partition coefficient (Wildman–Crippen LogP) is 12.1. The standard InChI is InChI=1S/C48H34Si/c1-49(2)43-25-11-10-22-40(43)47-44(49)29-28-41-45(37-23-12-18-32-16-6-8-20-35(32)37)42-30-34(31-14-4-3-5-15-31)26-27-39(42)46(48(41)47)38-24-13-19-33-17-7-9-21-36(33)38/h3-30H,1-2H3. The van der Waals surface area contributed by atoms with Crippen LogP contribution in [0.25, 0.3) is 87.6 Å². The van der Waals surface area contributed by atoms with Crippen LogP contribution in [0, 0.1) is 0 Å². The Labute approximate surface area is 287 Å². The molecule has 1 heterocycles. The highest BCUT2D eigenvalue weighted by molar-refractivity contribution is 7.04. The quantitative estimate of drug-likeness (QED) is 0.133. The van der Waals surface area contributed by atoms with Gasteiger partial charge in [0, 0.05) is 0 Å².